The third kappa shape index (κ3) is 4.83. The van der Waals surface area contributed by atoms with Gasteiger partial charge in [0.15, 0.2) is 0 Å². The summed E-state index contributed by atoms with van der Waals surface area (Å²) in [6.45, 7) is 1.67. The summed E-state index contributed by atoms with van der Waals surface area (Å²) in [7, 11) is 0. The van der Waals surface area contributed by atoms with Crippen molar-refractivity contribution in [1.82, 2.24) is 10.2 Å². The maximum Gasteiger partial charge on any atom is 0.277 e. The Labute approximate surface area is 163 Å². The van der Waals surface area contributed by atoms with Gasteiger partial charge in [0, 0.05) is 28.4 Å². The van der Waals surface area contributed by atoms with Crippen LogP contribution in [0.15, 0.2) is 58.2 Å². The molecule has 3 rings (SSSR count). The van der Waals surface area contributed by atoms with Crippen molar-refractivity contribution in [3.8, 4) is 11.5 Å². The van der Waals surface area contributed by atoms with Gasteiger partial charge in [-0.05, 0) is 37.3 Å². The van der Waals surface area contributed by atoms with Crippen molar-refractivity contribution >= 4 is 40.6 Å². The van der Waals surface area contributed by atoms with Crippen LogP contribution in [0.2, 0.25) is 5.02 Å². The third-order valence-corrected chi connectivity index (χ3v) is 4.66. The molecular formula is C17H13ClN4O4S. The van der Waals surface area contributed by atoms with Crippen LogP contribution in [0.4, 0.5) is 11.4 Å². The number of thioether (sulfide) groups is 1. The van der Waals surface area contributed by atoms with Gasteiger partial charge in [0.2, 0.25) is 11.8 Å². The number of aromatic nitrogens is 2. The molecule has 1 N–H and O–H groups in total. The SMILES string of the molecule is CC(Sc1nnc(-c2ccc(Cl)cc2)o1)C(=O)Nc1cccc([N+](=O)[O-])c1. The van der Waals surface area contributed by atoms with Gasteiger partial charge in [-0.15, -0.1) is 10.2 Å². The van der Waals surface area contributed by atoms with Crippen LogP contribution in [0.25, 0.3) is 11.5 Å². The van der Waals surface area contributed by atoms with E-state index in [-0.39, 0.29) is 16.8 Å². The molecule has 1 aromatic heterocycles. The Bertz CT molecular complexity index is 977. The summed E-state index contributed by atoms with van der Waals surface area (Å²) in [4.78, 5) is 22.6. The molecule has 27 heavy (non-hydrogen) atoms. The smallest absolute Gasteiger partial charge is 0.277 e. The molecule has 1 heterocycles. The number of amides is 1. The van der Waals surface area contributed by atoms with Gasteiger partial charge in [-0.2, -0.15) is 0 Å². The van der Waals surface area contributed by atoms with Crippen LogP contribution >= 0.6 is 23.4 Å². The fourth-order valence-corrected chi connectivity index (χ4v) is 2.92. The molecule has 0 saturated carbocycles. The molecule has 0 saturated heterocycles. The van der Waals surface area contributed by atoms with E-state index in [1.54, 1.807) is 37.3 Å². The fraction of sp³-hybridized carbons (Fsp3) is 0.118. The van der Waals surface area contributed by atoms with E-state index in [9.17, 15) is 14.9 Å². The van der Waals surface area contributed by atoms with Crippen molar-refractivity contribution in [3.05, 3.63) is 63.7 Å². The van der Waals surface area contributed by atoms with Crippen LogP contribution in [-0.2, 0) is 4.79 Å². The first-order valence-corrected chi connectivity index (χ1v) is 8.99. The van der Waals surface area contributed by atoms with Gasteiger partial charge in [0.05, 0.1) is 10.2 Å². The Hall–Kier alpha value is -2.91. The van der Waals surface area contributed by atoms with E-state index < -0.39 is 10.2 Å². The molecule has 0 fully saturated rings. The Balaban J connectivity index is 1.64. The van der Waals surface area contributed by atoms with Crippen LogP contribution in [-0.4, -0.2) is 26.3 Å². The summed E-state index contributed by atoms with van der Waals surface area (Å²) in [5, 5.41) is 21.6. The number of nitrogens with zero attached hydrogens (tertiary/aromatic N) is 3. The molecule has 2 aromatic carbocycles. The summed E-state index contributed by atoms with van der Waals surface area (Å²) in [5.74, 6) is -0.0211. The Morgan fingerprint density at radius 2 is 2.00 bits per heavy atom. The quantitative estimate of drug-likeness (QED) is 0.367. The van der Waals surface area contributed by atoms with E-state index in [0.717, 1.165) is 11.8 Å². The number of rotatable bonds is 6. The highest BCUT2D eigenvalue weighted by molar-refractivity contribution is 8.00. The fourth-order valence-electron chi connectivity index (χ4n) is 2.11. The number of non-ortho nitro benzene ring substituents is 1. The maximum absolute atomic E-state index is 12.3. The molecule has 8 nitrogen and oxygen atoms in total. The molecular weight excluding hydrogens is 392 g/mol. The molecule has 0 spiro atoms. The van der Waals surface area contributed by atoms with Crippen LogP contribution in [0.3, 0.4) is 0 Å². The molecule has 138 valence electrons. The number of carbonyl (C=O) groups is 1. The Kier molecular flexibility index (Phi) is 5.72. The Morgan fingerprint density at radius 1 is 1.26 bits per heavy atom. The number of halogens is 1. The summed E-state index contributed by atoms with van der Waals surface area (Å²) in [6.07, 6.45) is 0. The van der Waals surface area contributed by atoms with Gasteiger partial charge in [-0.25, -0.2) is 0 Å². The van der Waals surface area contributed by atoms with Crippen molar-refractivity contribution < 1.29 is 14.1 Å². The molecule has 1 atom stereocenters. The zero-order valence-electron chi connectivity index (χ0n) is 14.0. The lowest BCUT2D eigenvalue weighted by atomic mass is 10.2. The summed E-state index contributed by atoms with van der Waals surface area (Å²) in [5.41, 5.74) is 0.957. The third-order valence-electron chi connectivity index (χ3n) is 3.47. The first kappa shape index (κ1) is 18.9. The van der Waals surface area contributed by atoms with Crippen molar-refractivity contribution in [2.45, 2.75) is 17.4 Å². The van der Waals surface area contributed by atoms with Crippen LogP contribution in [0.5, 0.6) is 0 Å². The summed E-state index contributed by atoms with van der Waals surface area (Å²) >= 11 is 6.94. The zero-order chi connectivity index (χ0) is 19.4. The number of hydrogen-bond acceptors (Lipinski definition) is 7. The van der Waals surface area contributed by atoms with E-state index in [4.69, 9.17) is 16.0 Å². The molecule has 1 amide bonds. The van der Waals surface area contributed by atoms with E-state index in [1.165, 1.54) is 18.2 Å². The number of nitro benzene ring substituents is 1. The molecule has 0 aliphatic heterocycles. The van der Waals surface area contributed by atoms with Crippen molar-refractivity contribution in [1.29, 1.82) is 0 Å². The average molecular weight is 405 g/mol. The predicted octanol–water partition coefficient (Wildman–Crippen LogP) is 4.42. The van der Waals surface area contributed by atoms with Gasteiger partial charge in [-0.3, -0.25) is 14.9 Å². The van der Waals surface area contributed by atoms with Gasteiger partial charge in [0.1, 0.15) is 0 Å². The van der Waals surface area contributed by atoms with Gasteiger partial charge < -0.3 is 9.73 Å². The van der Waals surface area contributed by atoms with Gasteiger partial charge in [0.25, 0.3) is 10.9 Å². The number of anilines is 1. The van der Waals surface area contributed by atoms with Crippen LogP contribution in [0.1, 0.15) is 6.92 Å². The molecule has 10 heteroatoms. The maximum atomic E-state index is 12.3. The van der Waals surface area contributed by atoms with Crippen molar-refractivity contribution in [2.24, 2.45) is 0 Å². The standard InChI is InChI=1S/C17H13ClN4O4S/c1-10(15(23)19-13-3-2-4-14(9-13)22(24)25)27-17-21-20-16(26-17)11-5-7-12(18)8-6-11/h2-10H,1H3,(H,19,23). The minimum absolute atomic E-state index is 0.0994. The normalized spacial score (nSPS) is 11.8. The predicted molar refractivity (Wildman–Crippen MR) is 102 cm³/mol. The molecule has 0 radical (unpaired) electrons. The highest BCUT2D eigenvalue weighted by Crippen LogP contribution is 2.27. The summed E-state index contributed by atoms with van der Waals surface area (Å²) in [6, 6.07) is 12.7. The lowest BCUT2D eigenvalue weighted by Crippen LogP contribution is -2.22. The zero-order valence-corrected chi connectivity index (χ0v) is 15.5. The second-order valence-corrected chi connectivity index (χ2v) is 7.17. The minimum Gasteiger partial charge on any atom is -0.411 e. The van der Waals surface area contributed by atoms with E-state index in [1.807, 2.05) is 0 Å². The van der Waals surface area contributed by atoms with E-state index in [2.05, 4.69) is 15.5 Å². The monoisotopic (exact) mass is 404 g/mol. The highest BCUT2D eigenvalue weighted by atomic mass is 35.5. The van der Waals surface area contributed by atoms with Gasteiger partial charge >= 0.3 is 0 Å². The average Bonchev–Trinajstić information content (AvgIpc) is 3.11. The number of carbonyl (C=O) groups excluding carboxylic acids is 1. The van der Waals surface area contributed by atoms with Gasteiger partial charge in [-0.1, -0.05) is 29.4 Å². The number of hydrogen-bond donors (Lipinski definition) is 1. The van der Waals surface area contributed by atoms with Crippen LogP contribution < -0.4 is 5.32 Å². The molecule has 1 unspecified atom stereocenters. The van der Waals surface area contributed by atoms with E-state index in [0.29, 0.717) is 22.2 Å². The molecule has 3 aromatic rings. The molecule has 0 aliphatic carbocycles. The lowest BCUT2D eigenvalue weighted by molar-refractivity contribution is -0.384. The Morgan fingerprint density at radius 3 is 2.70 bits per heavy atom. The number of nitro groups is 1. The minimum atomic E-state index is -0.553. The second-order valence-electron chi connectivity index (χ2n) is 5.44. The number of nitrogens with one attached hydrogen (secondary N) is 1. The molecule has 0 bridgehead atoms. The first-order chi connectivity index (χ1) is 12.9. The largest absolute Gasteiger partial charge is 0.411 e. The number of benzene rings is 2. The topological polar surface area (TPSA) is 111 Å². The van der Waals surface area contributed by atoms with Crippen molar-refractivity contribution in [2.75, 3.05) is 5.32 Å². The second kappa shape index (κ2) is 8.19. The summed E-state index contributed by atoms with van der Waals surface area (Å²) < 4.78 is 5.56. The van der Waals surface area contributed by atoms with Crippen molar-refractivity contribution in [3.63, 3.8) is 0 Å². The highest BCUT2D eigenvalue weighted by Gasteiger charge is 2.19. The van der Waals surface area contributed by atoms with E-state index >= 15 is 0 Å². The molecule has 0 aliphatic rings. The first-order valence-electron chi connectivity index (χ1n) is 7.74. The van der Waals surface area contributed by atoms with Crippen LogP contribution in [0, 0.1) is 10.1 Å². The lowest BCUT2D eigenvalue weighted by Gasteiger charge is -2.09.